The van der Waals surface area contributed by atoms with Crippen molar-refractivity contribution in [3.8, 4) is 11.5 Å². The molecule has 2 aromatic heterocycles. The van der Waals surface area contributed by atoms with Gasteiger partial charge in [-0.2, -0.15) is 0 Å². The van der Waals surface area contributed by atoms with Crippen molar-refractivity contribution in [3.05, 3.63) is 21.1 Å². The van der Waals surface area contributed by atoms with E-state index in [1.165, 1.54) is 0 Å². The van der Waals surface area contributed by atoms with Crippen LogP contribution in [0, 0.1) is 0 Å². The first-order valence-corrected chi connectivity index (χ1v) is 7.01. The highest BCUT2D eigenvalue weighted by molar-refractivity contribution is 9.11. The molecule has 2 rings (SSSR count). The Labute approximate surface area is 108 Å². The summed E-state index contributed by atoms with van der Waals surface area (Å²) in [4.78, 5) is 0.140. The van der Waals surface area contributed by atoms with Crippen LogP contribution in [0.3, 0.4) is 0 Å². The summed E-state index contributed by atoms with van der Waals surface area (Å²) in [6, 6.07) is 1.97. The van der Waals surface area contributed by atoms with Crippen molar-refractivity contribution < 1.29 is 4.42 Å². The SMILES string of the molecule is CCC(Br)c1nnc(-c2csc(Br)c2)o1. The molecule has 0 aliphatic heterocycles. The molecular formula is C9H8Br2N2OS. The summed E-state index contributed by atoms with van der Waals surface area (Å²) in [6.45, 7) is 2.06. The zero-order chi connectivity index (χ0) is 10.8. The lowest BCUT2D eigenvalue weighted by Crippen LogP contribution is -1.86. The van der Waals surface area contributed by atoms with Crippen LogP contribution < -0.4 is 0 Å². The van der Waals surface area contributed by atoms with Crippen LogP contribution in [0.4, 0.5) is 0 Å². The first-order valence-electron chi connectivity index (χ1n) is 4.42. The predicted molar refractivity (Wildman–Crippen MR) is 67.3 cm³/mol. The van der Waals surface area contributed by atoms with E-state index < -0.39 is 0 Å². The highest BCUT2D eigenvalue weighted by Gasteiger charge is 2.15. The van der Waals surface area contributed by atoms with Crippen molar-refractivity contribution in [1.82, 2.24) is 10.2 Å². The van der Waals surface area contributed by atoms with Gasteiger partial charge in [0.15, 0.2) is 0 Å². The van der Waals surface area contributed by atoms with E-state index >= 15 is 0 Å². The Morgan fingerprint density at radius 3 is 2.93 bits per heavy atom. The number of hydrogen-bond acceptors (Lipinski definition) is 4. The molecule has 0 aliphatic rings. The van der Waals surface area contributed by atoms with Gasteiger partial charge in [0.1, 0.15) is 0 Å². The summed E-state index contributed by atoms with van der Waals surface area (Å²) in [7, 11) is 0. The Kier molecular flexibility index (Phi) is 3.58. The molecule has 1 unspecified atom stereocenters. The second-order valence-corrected chi connectivity index (χ2v) is 6.36. The Hall–Kier alpha value is -0.200. The topological polar surface area (TPSA) is 38.9 Å². The molecule has 0 saturated heterocycles. The molecule has 2 heterocycles. The largest absolute Gasteiger partial charge is 0.419 e. The van der Waals surface area contributed by atoms with E-state index in [0.717, 1.165) is 15.8 Å². The number of aromatic nitrogens is 2. The van der Waals surface area contributed by atoms with E-state index in [0.29, 0.717) is 11.8 Å². The molecule has 0 bridgehead atoms. The number of thiophene rings is 1. The molecule has 0 radical (unpaired) electrons. The maximum Gasteiger partial charge on any atom is 0.248 e. The van der Waals surface area contributed by atoms with Crippen LogP contribution in [-0.2, 0) is 0 Å². The first kappa shape index (κ1) is 11.3. The van der Waals surface area contributed by atoms with Crippen molar-refractivity contribution in [2.45, 2.75) is 18.2 Å². The van der Waals surface area contributed by atoms with Crippen molar-refractivity contribution in [1.29, 1.82) is 0 Å². The van der Waals surface area contributed by atoms with E-state index in [2.05, 4.69) is 49.0 Å². The molecule has 15 heavy (non-hydrogen) atoms. The Morgan fingerprint density at radius 1 is 1.53 bits per heavy atom. The van der Waals surface area contributed by atoms with Gasteiger partial charge in [0.2, 0.25) is 11.8 Å². The van der Waals surface area contributed by atoms with E-state index in [1.54, 1.807) is 11.3 Å². The summed E-state index contributed by atoms with van der Waals surface area (Å²) >= 11 is 8.47. The van der Waals surface area contributed by atoms with Gasteiger partial charge in [0.25, 0.3) is 0 Å². The van der Waals surface area contributed by atoms with E-state index in [4.69, 9.17) is 4.42 Å². The molecule has 6 heteroatoms. The molecular weight excluding hydrogens is 344 g/mol. The second-order valence-electron chi connectivity index (χ2n) is 2.96. The standard InChI is InChI=1S/C9H8Br2N2OS/c1-2-6(10)9-13-12-8(14-9)5-3-7(11)15-4-5/h3-4,6H,2H2,1H3. The van der Waals surface area contributed by atoms with Gasteiger partial charge in [-0.15, -0.1) is 21.5 Å². The van der Waals surface area contributed by atoms with Gasteiger partial charge in [-0.1, -0.05) is 22.9 Å². The quantitative estimate of drug-likeness (QED) is 0.769. The van der Waals surface area contributed by atoms with Gasteiger partial charge < -0.3 is 4.42 Å². The molecule has 80 valence electrons. The smallest absolute Gasteiger partial charge is 0.248 e. The summed E-state index contributed by atoms with van der Waals surface area (Å²) in [6.07, 6.45) is 0.926. The van der Waals surface area contributed by atoms with Crippen molar-refractivity contribution in [2.24, 2.45) is 0 Å². The maximum absolute atomic E-state index is 5.55. The minimum absolute atomic E-state index is 0.140. The lowest BCUT2D eigenvalue weighted by Gasteiger charge is -1.97. The van der Waals surface area contributed by atoms with E-state index in [1.807, 2.05) is 11.4 Å². The molecule has 1 atom stereocenters. The second kappa shape index (κ2) is 4.76. The molecule has 0 N–H and O–H groups in total. The molecule has 0 aliphatic carbocycles. The van der Waals surface area contributed by atoms with Crippen LogP contribution in [0.25, 0.3) is 11.5 Å². The van der Waals surface area contributed by atoms with Crippen LogP contribution >= 0.6 is 43.2 Å². The van der Waals surface area contributed by atoms with Gasteiger partial charge in [-0.25, -0.2) is 0 Å². The van der Waals surface area contributed by atoms with Crippen molar-refractivity contribution in [2.75, 3.05) is 0 Å². The summed E-state index contributed by atoms with van der Waals surface area (Å²) in [5.41, 5.74) is 0.960. The third kappa shape index (κ3) is 2.49. The van der Waals surface area contributed by atoms with Crippen LogP contribution in [0.15, 0.2) is 19.6 Å². The predicted octanol–water partition coefficient (Wildman–Crippen LogP) is 4.41. The number of nitrogens with zero attached hydrogens (tertiary/aromatic N) is 2. The van der Waals surface area contributed by atoms with E-state index in [9.17, 15) is 0 Å². The minimum Gasteiger partial charge on any atom is -0.419 e. The van der Waals surface area contributed by atoms with Gasteiger partial charge in [-0.3, -0.25) is 0 Å². The highest BCUT2D eigenvalue weighted by atomic mass is 79.9. The summed E-state index contributed by atoms with van der Waals surface area (Å²) in [5, 5.41) is 9.99. The fraction of sp³-hybridized carbons (Fsp3) is 0.333. The van der Waals surface area contributed by atoms with Crippen LogP contribution in [0.5, 0.6) is 0 Å². The van der Waals surface area contributed by atoms with E-state index in [-0.39, 0.29) is 4.83 Å². The minimum atomic E-state index is 0.140. The lowest BCUT2D eigenvalue weighted by atomic mass is 10.3. The third-order valence-corrected chi connectivity index (χ3v) is 4.43. The van der Waals surface area contributed by atoms with Gasteiger partial charge in [0.05, 0.1) is 14.2 Å². The average molecular weight is 352 g/mol. The molecule has 0 amide bonds. The van der Waals surface area contributed by atoms with Crippen LogP contribution in [-0.4, -0.2) is 10.2 Å². The normalized spacial score (nSPS) is 13.0. The number of alkyl halides is 1. The molecule has 0 saturated carbocycles. The van der Waals surface area contributed by atoms with Gasteiger partial charge >= 0.3 is 0 Å². The summed E-state index contributed by atoms with van der Waals surface area (Å²) in [5.74, 6) is 1.21. The lowest BCUT2D eigenvalue weighted by molar-refractivity contribution is 0.500. The zero-order valence-electron chi connectivity index (χ0n) is 7.91. The van der Waals surface area contributed by atoms with Gasteiger partial charge in [0, 0.05) is 5.38 Å². The molecule has 0 spiro atoms. The van der Waals surface area contributed by atoms with Crippen molar-refractivity contribution >= 4 is 43.2 Å². The molecule has 0 fully saturated rings. The molecule has 0 aromatic carbocycles. The first-order chi connectivity index (χ1) is 7.20. The zero-order valence-corrected chi connectivity index (χ0v) is 11.9. The van der Waals surface area contributed by atoms with Gasteiger partial charge in [-0.05, 0) is 28.4 Å². The Morgan fingerprint density at radius 2 is 2.33 bits per heavy atom. The van der Waals surface area contributed by atoms with Crippen molar-refractivity contribution in [3.63, 3.8) is 0 Å². The fourth-order valence-electron chi connectivity index (χ4n) is 1.07. The van der Waals surface area contributed by atoms with Crippen LogP contribution in [0.2, 0.25) is 0 Å². The summed E-state index contributed by atoms with van der Waals surface area (Å²) < 4.78 is 6.61. The molecule has 2 aromatic rings. The maximum atomic E-state index is 5.55. The third-order valence-electron chi connectivity index (χ3n) is 1.88. The average Bonchev–Trinajstić information content (AvgIpc) is 2.84. The molecule has 3 nitrogen and oxygen atoms in total. The number of rotatable bonds is 3. The Balaban J connectivity index is 2.27. The Bertz CT molecular complexity index is 454. The number of halogens is 2. The van der Waals surface area contributed by atoms with Crippen LogP contribution in [0.1, 0.15) is 24.1 Å². The number of hydrogen-bond donors (Lipinski definition) is 0. The monoisotopic (exact) mass is 350 g/mol. The fourth-order valence-corrected chi connectivity index (χ4v) is 2.39. The highest BCUT2D eigenvalue weighted by Crippen LogP contribution is 2.31.